The number of para-hydroxylation sites is 1. The first-order chi connectivity index (χ1) is 16.3. The van der Waals surface area contributed by atoms with Crippen LogP contribution in [0.1, 0.15) is 54.4 Å². The molecule has 0 aliphatic carbocycles. The number of amides is 2. The SMILES string of the molecule is Cc1cc(C(C)Oc2ccc(C(=O)NC3(CC(=O)NO)CSC(C)C3)cc2)c2ccccc2n1. The average Bonchev–Trinajstić information content (AvgIpc) is 3.18. The Hall–Kier alpha value is -3.10. The van der Waals surface area contributed by atoms with E-state index < -0.39 is 11.4 Å². The number of pyridine rings is 1. The third-order valence-corrected chi connectivity index (χ3v) is 7.52. The molecule has 3 N–H and O–H groups in total. The molecule has 2 heterocycles. The fourth-order valence-electron chi connectivity index (χ4n) is 4.51. The highest BCUT2D eigenvalue weighted by molar-refractivity contribution is 8.00. The van der Waals surface area contributed by atoms with Crippen LogP contribution >= 0.6 is 11.8 Å². The molecule has 4 rings (SSSR count). The number of nitrogens with one attached hydrogen (secondary N) is 2. The van der Waals surface area contributed by atoms with Gasteiger partial charge in [-0.1, -0.05) is 25.1 Å². The Kier molecular flexibility index (Phi) is 7.09. The minimum Gasteiger partial charge on any atom is -0.486 e. The van der Waals surface area contributed by atoms with Gasteiger partial charge in [-0.25, -0.2) is 5.48 Å². The number of hydroxylamine groups is 1. The van der Waals surface area contributed by atoms with Crippen molar-refractivity contribution < 1.29 is 19.5 Å². The summed E-state index contributed by atoms with van der Waals surface area (Å²) in [5, 5.41) is 13.4. The molecular weight excluding hydrogens is 450 g/mol. The third kappa shape index (κ3) is 5.34. The van der Waals surface area contributed by atoms with E-state index in [1.807, 2.05) is 44.2 Å². The van der Waals surface area contributed by atoms with Gasteiger partial charge in [0.25, 0.3) is 5.91 Å². The number of nitrogens with zero attached hydrogens (tertiary/aromatic N) is 1. The van der Waals surface area contributed by atoms with E-state index >= 15 is 0 Å². The summed E-state index contributed by atoms with van der Waals surface area (Å²) in [6.07, 6.45) is 0.489. The molecule has 1 saturated heterocycles. The van der Waals surface area contributed by atoms with Crippen molar-refractivity contribution in [3.63, 3.8) is 0 Å². The van der Waals surface area contributed by atoms with Crippen LogP contribution in [0.4, 0.5) is 0 Å². The first-order valence-electron chi connectivity index (χ1n) is 11.3. The minimum atomic E-state index is -0.683. The number of hydrogen-bond donors (Lipinski definition) is 3. The number of thioether (sulfide) groups is 1. The molecular formula is C26H29N3O4S. The van der Waals surface area contributed by atoms with Gasteiger partial charge in [-0.3, -0.25) is 19.8 Å². The predicted molar refractivity (Wildman–Crippen MR) is 133 cm³/mol. The van der Waals surface area contributed by atoms with Crippen LogP contribution in [-0.4, -0.2) is 38.5 Å². The second-order valence-electron chi connectivity index (χ2n) is 8.93. The number of rotatable bonds is 7. The van der Waals surface area contributed by atoms with Gasteiger partial charge in [-0.15, -0.1) is 0 Å². The first-order valence-corrected chi connectivity index (χ1v) is 12.3. The molecule has 3 aromatic rings. The number of carbonyl (C=O) groups is 2. The molecule has 0 saturated carbocycles. The zero-order valence-electron chi connectivity index (χ0n) is 19.5. The van der Waals surface area contributed by atoms with Crippen molar-refractivity contribution in [3.05, 3.63) is 71.4 Å². The molecule has 1 aromatic heterocycles. The highest BCUT2D eigenvalue weighted by Gasteiger charge is 2.41. The topological polar surface area (TPSA) is 101 Å². The van der Waals surface area contributed by atoms with E-state index in [-0.39, 0.29) is 18.4 Å². The van der Waals surface area contributed by atoms with Crippen LogP contribution in [0, 0.1) is 6.92 Å². The van der Waals surface area contributed by atoms with E-state index in [0.29, 0.717) is 28.7 Å². The maximum absolute atomic E-state index is 13.0. The maximum atomic E-state index is 13.0. The van der Waals surface area contributed by atoms with Crippen molar-refractivity contribution in [2.24, 2.45) is 0 Å². The van der Waals surface area contributed by atoms with Crippen LogP contribution in [0.2, 0.25) is 0 Å². The normalized spacial score (nSPS) is 20.6. The predicted octanol–water partition coefficient (Wildman–Crippen LogP) is 4.57. The fourth-order valence-corrected chi connectivity index (χ4v) is 5.85. The molecule has 1 aliphatic heterocycles. The number of carbonyl (C=O) groups excluding carboxylic acids is 2. The fraction of sp³-hybridized carbons (Fsp3) is 0.346. The first kappa shape index (κ1) is 24.0. The summed E-state index contributed by atoms with van der Waals surface area (Å²) in [5.74, 6) is 0.509. The van der Waals surface area contributed by atoms with Gasteiger partial charge in [0.15, 0.2) is 0 Å². The summed E-state index contributed by atoms with van der Waals surface area (Å²) >= 11 is 1.70. The molecule has 1 aliphatic rings. The molecule has 178 valence electrons. The van der Waals surface area contributed by atoms with Gasteiger partial charge in [0, 0.05) is 33.2 Å². The number of fused-ring (bicyclic) bond motifs is 1. The smallest absolute Gasteiger partial charge is 0.251 e. The highest BCUT2D eigenvalue weighted by atomic mass is 32.2. The summed E-state index contributed by atoms with van der Waals surface area (Å²) in [6, 6.07) is 17.0. The second kappa shape index (κ2) is 10.0. The number of ether oxygens (including phenoxy) is 1. The lowest BCUT2D eigenvalue weighted by Gasteiger charge is -2.29. The molecule has 7 nitrogen and oxygen atoms in total. The zero-order valence-corrected chi connectivity index (χ0v) is 20.3. The van der Waals surface area contributed by atoms with Crippen LogP contribution in [0.5, 0.6) is 5.75 Å². The van der Waals surface area contributed by atoms with E-state index in [9.17, 15) is 9.59 Å². The lowest BCUT2D eigenvalue weighted by molar-refractivity contribution is -0.130. The van der Waals surface area contributed by atoms with Crippen molar-refractivity contribution in [1.82, 2.24) is 15.8 Å². The van der Waals surface area contributed by atoms with Crippen LogP contribution in [0.3, 0.4) is 0 Å². The second-order valence-corrected chi connectivity index (χ2v) is 10.4. The zero-order chi connectivity index (χ0) is 24.3. The van der Waals surface area contributed by atoms with Crippen LogP contribution in [0.15, 0.2) is 54.6 Å². The minimum absolute atomic E-state index is 0.0323. The molecule has 2 amide bonds. The average molecular weight is 480 g/mol. The van der Waals surface area contributed by atoms with Crippen LogP contribution < -0.4 is 15.5 Å². The number of benzene rings is 2. The molecule has 2 aromatic carbocycles. The Morgan fingerprint density at radius 3 is 2.65 bits per heavy atom. The van der Waals surface area contributed by atoms with Gasteiger partial charge in [-0.05, 0) is 56.7 Å². The van der Waals surface area contributed by atoms with Crippen molar-refractivity contribution in [1.29, 1.82) is 0 Å². The molecule has 0 spiro atoms. The van der Waals surface area contributed by atoms with E-state index in [0.717, 1.165) is 22.2 Å². The van der Waals surface area contributed by atoms with Gasteiger partial charge in [0.1, 0.15) is 11.9 Å². The molecule has 0 radical (unpaired) electrons. The molecule has 3 atom stereocenters. The molecule has 34 heavy (non-hydrogen) atoms. The monoisotopic (exact) mass is 479 g/mol. The van der Waals surface area contributed by atoms with Crippen molar-refractivity contribution in [2.45, 2.75) is 50.5 Å². The van der Waals surface area contributed by atoms with E-state index in [1.165, 1.54) is 0 Å². The molecule has 0 bridgehead atoms. The van der Waals surface area contributed by atoms with Gasteiger partial charge in [-0.2, -0.15) is 11.8 Å². The number of aryl methyl sites for hydroxylation is 1. The van der Waals surface area contributed by atoms with Gasteiger partial charge in [0.05, 0.1) is 17.5 Å². The van der Waals surface area contributed by atoms with Gasteiger partial charge in [0.2, 0.25) is 5.91 Å². The van der Waals surface area contributed by atoms with E-state index in [2.05, 4.69) is 17.2 Å². The standard InChI is InChI=1S/C26H29N3O4S/c1-16-12-22(21-6-4-5-7-23(21)27-16)18(3)33-20-10-8-19(9-11-20)25(31)28-26(14-24(30)29-32)13-17(2)34-15-26/h4-12,17-18,32H,13-15H2,1-3H3,(H,28,31)(H,29,30). The van der Waals surface area contributed by atoms with Crippen LogP contribution in [0.25, 0.3) is 10.9 Å². The van der Waals surface area contributed by atoms with E-state index in [4.69, 9.17) is 9.94 Å². The highest BCUT2D eigenvalue weighted by Crippen LogP contribution is 2.37. The summed E-state index contributed by atoms with van der Waals surface area (Å²) in [7, 11) is 0. The third-order valence-electron chi connectivity index (χ3n) is 6.07. The Labute approximate surface area is 203 Å². The van der Waals surface area contributed by atoms with Crippen molar-refractivity contribution in [2.75, 3.05) is 5.75 Å². The van der Waals surface area contributed by atoms with Crippen molar-refractivity contribution in [3.8, 4) is 5.75 Å². The van der Waals surface area contributed by atoms with Crippen molar-refractivity contribution >= 4 is 34.5 Å². The summed E-state index contributed by atoms with van der Waals surface area (Å²) in [5.41, 5.74) is 4.40. The Morgan fingerprint density at radius 1 is 1.24 bits per heavy atom. The number of aromatic nitrogens is 1. The maximum Gasteiger partial charge on any atom is 0.251 e. The largest absolute Gasteiger partial charge is 0.486 e. The lowest BCUT2D eigenvalue weighted by atomic mass is 9.91. The Morgan fingerprint density at radius 2 is 1.97 bits per heavy atom. The number of hydrogen-bond acceptors (Lipinski definition) is 6. The van der Waals surface area contributed by atoms with Crippen LogP contribution in [-0.2, 0) is 4.79 Å². The van der Waals surface area contributed by atoms with E-state index in [1.54, 1.807) is 41.5 Å². The molecule has 3 unspecified atom stereocenters. The quantitative estimate of drug-likeness (QED) is 0.339. The molecule has 1 fully saturated rings. The van der Waals surface area contributed by atoms with Gasteiger partial charge < -0.3 is 10.1 Å². The summed E-state index contributed by atoms with van der Waals surface area (Å²) < 4.78 is 6.19. The van der Waals surface area contributed by atoms with Gasteiger partial charge >= 0.3 is 0 Å². The molecule has 8 heteroatoms. The Balaban J connectivity index is 1.47. The lowest BCUT2D eigenvalue weighted by Crippen LogP contribution is -2.51. The Bertz CT molecular complexity index is 1200. The summed E-state index contributed by atoms with van der Waals surface area (Å²) in [4.78, 5) is 29.4. The summed E-state index contributed by atoms with van der Waals surface area (Å²) in [6.45, 7) is 6.03.